The number of hydrogen-bond acceptors (Lipinski definition) is 4. The second-order valence-electron chi connectivity index (χ2n) is 2.52. The lowest BCUT2D eigenvalue weighted by molar-refractivity contribution is 0.112. The van der Waals surface area contributed by atoms with Crippen molar-refractivity contribution in [3.63, 3.8) is 0 Å². The standard InChI is InChI=1S/C10H12O2S2/c1-4-13-7(2)10-9(12-3)5-8(6-11)14-10/h5-6H,2,4H2,1,3H3. The van der Waals surface area contributed by atoms with Gasteiger partial charge in [-0.2, -0.15) is 0 Å². The minimum atomic E-state index is 0.676. The van der Waals surface area contributed by atoms with Gasteiger partial charge in [-0.3, -0.25) is 4.79 Å². The molecule has 0 amide bonds. The molecule has 2 nitrogen and oxygen atoms in total. The van der Waals surface area contributed by atoms with Crippen LogP contribution < -0.4 is 4.74 Å². The first-order valence-corrected chi connectivity index (χ1v) is 5.98. The molecule has 0 radical (unpaired) electrons. The molecule has 76 valence electrons. The third-order valence-electron chi connectivity index (χ3n) is 1.62. The van der Waals surface area contributed by atoms with Crippen molar-refractivity contribution in [2.75, 3.05) is 12.9 Å². The molecule has 0 saturated heterocycles. The molecular weight excluding hydrogens is 216 g/mol. The van der Waals surface area contributed by atoms with Crippen LogP contribution in [0.5, 0.6) is 5.75 Å². The third kappa shape index (κ3) is 2.39. The largest absolute Gasteiger partial charge is 0.495 e. The molecule has 1 rings (SSSR count). The molecule has 0 aliphatic rings. The number of hydrogen-bond donors (Lipinski definition) is 0. The highest BCUT2D eigenvalue weighted by Gasteiger charge is 2.11. The number of carbonyl (C=O) groups excluding carboxylic acids is 1. The lowest BCUT2D eigenvalue weighted by Gasteiger charge is -2.03. The van der Waals surface area contributed by atoms with Crippen molar-refractivity contribution in [1.82, 2.24) is 0 Å². The molecule has 14 heavy (non-hydrogen) atoms. The molecule has 1 aromatic heterocycles. The summed E-state index contributed by atoms with van der Waals surface area (Å²) < 4.78 is 5.17. The van der Waals surface area contributed by atoms with Crippen molar-refractivity contribution in [1.29, 1.82) is 0 Å². The summed E-state index contributed by atoms with van der Waals surface area (Å²) in [7, 11) is 1.60. The Labute approximate surface area is 92.0 Å². The van der Waals surface area contributed by atoms with E-state index < -0.39 is 0 Å². The molecule has 1 heterocycles. The van der Waals surface area contributed by atoms with Gasteiger partial charge in [0.15, 0.2) is 6.29 Å². The van der Waals surface area contributed by atoms with Crippen LogP contribution in [-0.4, -0.2) is 19.1 Å². The highest BCUT2D eigenvalue weighted by molar-refractivity contribution is 8.08. The van der Waals surface area contributed by atoms with Crippen molar-refractivity contribution < 1.29 is 9.53 Å². The maximum atomic E-state index is 10.6. The summed E-state index contributed by atoms with van der Waals surface area (Å²) in [5, 5.41) is 0. The van der Waals surface area contributed by atoms with Gasteiger partial charge in [-0.25, -0.2) is 0 Å². The van der Waals surface area contributed by atoms with Crippen molar-refractivity contribution in [3.05, 3.63) is 22.4 Å². The highest BCUT2D eigenvalue weighted by Crippen LogP contribution is 2.38. The Morgan fingerprint density at radius 3 is 3.00 bits per heavy atom. The van der Waals surface area contributed by atoms with Gasteiger partial charge in [0.25, 0.3) is 0 Å². The Morgan fingerprint density at radius 1 is 1.79 bits per heavy atom. The summed E-state index contributed by atoms with van der Waals surface area (Å²) in [6, 6.07) is 1.74. The Morgan fingerprint density at radius 2 is 2.50 bits per heavy atom. The SMILES string of the molecule is C=C(SCC)c1sc(C=O)cc1OC. The highest BCUT2D eigenvalue weighted by atomic mass is 32.2. The van der Waals surface area contributed by atoms with Crippen LogP contribution in [0.3, 0.4) is 0 Å². The van der Waals surface area contributed by atoms with Crippen LogP contribution in [0.15, 0.2) is 12.6 Å². The molecule has 0 spiro atoms. The van der Waals surface area contributed by atoms with E-state index in [1.165, 1.54) is 11.3 Å². The molecule has 0 saturated carbocycles. The summed E-state index contributed by atoms with van der Waals surface area (Å²) in [6.45, 7) is 6.01. The number of thiophene rings is 1. The Hall–Kier alpha value is -0.740. The summed E-state index contributed by atoms with van der Waals surface area (Å²) >= 11 is 3.08. The molecule has 0 bridgehead atoms. The van der Waals surface area contributed by atoms with Gasteiger partial charge in [0.1, 0.15) is 5.75 Å². The van der Waals surface area contributed by atoms with Crippen LogP contribution in [0.1, 0.15) is 21.5 Å². The molecule has 0 unspecified atom stereocenters. The van der Waals surface area contributed by atoms with Crippen LogP contribution in [-0.2, 0) is 0 Å². The first-order valence-electron chi connectivity index (χ1n) is 4.18. The summed E-state index contributed by atoms with van der Waals surface area (Å²) in [5.74, 6) is 1.71. The third-order valence-corrected chi connectivity index (χ3v) is 3.70. The minimum absolute atomic E-state index is 0.676. The molecule has 0 aliphatic carbocycles. The fourth-order valence-electron chi connectivity index (χ4n) is 1.04. The van der Waals surface area contributed by atoms with Crippen molar-refractivity contribution in [2.45, 2.75) is 6.92 Å². The number of rotatable bonds is 5. The van der Waals surface area contributed by atoms with Crippen LogP contribution in [0, 0.1) is 0 Å². The van der Waals surface area contributed by atoms with E-state index in [0.29, 0.717) is 4.88 Å². The molecule has 4 heteroatoms. The molecule has 0 aromatic carbocycles. The van der Waals surface area contributed by atoms with Crippen LogP contribution in [0.2, 0.25) is 0 Å². The van der Waals surface area contributed by atoms with Gasteiger partial charge in [-0.05, 0) is 5.75 Å². The zero-order valence-electron chi connectivity index (χ0n) is 8.20. The predicted octanol–water partition coefficient (Wildman–Crippen LogP) is 3.29. The van der Waals surface area contributed by atoms with Crippen LogP contribution in [0.4, 0.5) is 0 Å². The van der Waals surface area contributed by atoms with Crippen molar-refractivity contribution in [3.8, 4) is 5.75 Å². The molecule has 0 atom stereocenters. The molecule has 0 fully saturated rings. The first kappa shape index (κ1) is 11.3. The number of carbonyl (C=O) groups is 1. The minimum Gasteiger partial charge on any atom is -0.495 e. The number of thioether (sulfide) groups is 1. The molecular formula is C10H12O2S2. The van der Waals surface area contributed by atoms with Gasteiger partial charge in [0.05, 0.1) is 16.9 Å². The Kier molecular flexibility index (Phi) is 4.22. The van der Waals surface area contributed by atoms with Gasteiger partial charge in [0.2, 0.25) is 0 Å². The van der Waals surface area contributed by atoms with E-state index in [4.69, 9.17) is 4.74 Å². The normalized spacial score (nSPS) is 9.86. The smallest absolute Gasteiger partial charge is 0.160 e. The van der Waals surface area contributed by atoms with E-state index in [9.17, 15) is 4.79 Å². The van der Waals surface area contributed by atoms with Gasteiger partial charge in [0, 0.05) is 11.0 Å². The Bertz CT molecular complexity index is 342. The Balaban J connectivity index is 2.99. The van der Waals surface area contributed by atoms with Gasteiger partial charge in [-0.15, -0.1) is 23.1 Å². The monoisotopic (exact) mass is 228 g/mol. The average Bonchev–Trinajstić information content (AvgIpc) is 2.61. The quantitative estimate of drug-likeness (QED) is 0.723. The lowest BCUT2D eigenvalue weighted by atomic mass is 10.4. The van der Waals surface area contributed by atoms with E-state index in [-0.39, 0.29) is 0 Å². The number of aldehydes is 1. The fourth-order valence-corrected chi connectivity index (χ4v) is 2.72. The summed E-state index contributed by atoms with van der Waals surface area (Å²) in [4.78, 5) is 13.2. The van der Waals surface area contributed by atoms with Gasteiger partial charge >= 0.3 is 0 Å². The number of ether oxygens (including phenoxy) is 1. The average molecular weight is 228 g/mol. The van der Waals surface area contributed by atoms with Crippen LogP contribution in [0.25, 0.3) is 4.91 Å². The van der Waals surface area contributed by atoms with E-state index in [1.54, 1.807) is 24.9 Å². The first-order chi connectivity index (χ1) is 6.72. The van der Waals surface area contributed by atoms with Crippen LogP contribution >= 0.6 is 23.1 Å². The molecule has 1 aromatic rings. The van der Waals surface area contributed by atoms with E-state index >= 15 is 0 Å². The molecule has 0 aliphatic heterocycles. The zero-order chi connectivity index (χ0) is 10.6. The van der Waals surface area contributed by atoms with E-state index in [2.05, 4.69) is 13.5 Å². The second kappa shape index (κ2) is 5.22. The van der Waals surface area contributed by atoms with Gasteiger partial charge < -0.3 is 4.74 Å². The second-order valence-corrected chi connectivity index (χ2v) is 4.96. The topological polar surface area (TPSA) is 26.3 Å². The van der Waals surface area contributed by atoms with Crippen molar-refractivity contribution >= 4 is 34.3 Å². The van der Waals surface area contributed by atoms with Crippen molar-refractivity contribution in [2.24, 2.45) is 0 Å². The zero-order valence-corrected chi connectivity index (χ0v) is 9.83. The van der Waals surface area contributed by atoms with Gasteiger partial charge in [-0.1, -0.05) is 13.5 Å². The van der Waals surface area contributed by atoms with E-state index in [0.717, 1.165) is 27.6 Å². The maximum absolute atomic E-state index is 10.6. The number of methoxy groups -OCH3 is 1. The summed E-state index contributed by atoms with van der Waals surface area (Å²) in [5.41, 5.74) is 0. The van der Waals surface area contributed by atoms with E-state index in [1.807, 2.05) is 0 Å². The maximum Gasteiger partial charge on any atom is 0.160 e. The lowest BCUT2D eigenvalue weighted by Crippen LogP contribution is -1.83. The predicted molar refractivity (Wildman–Crippen MR) is 63.4 cm³/mol. The fraction of sp³-hybridized carbons (Fsp3) is 0.300. The summed E-state index contributed by atoms with van der Waals surface area (Å²) in [6.07, 6.45) is 0.834. The molecule has 0 N–H and O–H groups in total.